The quantitative estimate of drug-likeness (QED) is 0.526. The molecule has 1 aromatic rings. The molecule has 37 heavy (non-hydrogen) atoms. The van der Waals surface area contributed by atoms with Crippen molar-refractivity contribution in [3.63, 3.8) is 0 Å². The van der Waals surface area contributed by atoms with E-state index in [1.165, 1.54) is 11.6 Å². The summed E-state index contributed by atoms with van der Waals surface area (Å²) >= 11 is 0. The first-order chi connectivity index (χ1) is 17.6. The second kappa shape index (κ2) is 9.02. The van der Waals surface area contributed by atoms with E-state index in [1.54, 1.807) is 6.26 Å². The predicted molar refractivity (Wildman–Crippen MR) is 139 cm³/mol. The Hall–Kier alpha value is -1.51. The summed E-state index contributed by atoms with van der Waals surface area (Å²) in [6.45, 7) is 6.95. The summed E-state index contributed by atoms with van der Waals surface area (Å²) in [5.41, 5.74) is 7.28. The first kappa shape index (κ1) is 25.8. The van der Waals surface area contributed by atoms with Crippen molar-refractivity contribution in [1.82, 2.24) is 0 Å². The fourth-order valence-electron chi connectivity index (χ4n) is 9.22. The van der Waals surface area contributed by atoms with Crippen LogP contribution in [-0.4, -0.2) is 47.0 Å². The van der Waals surface area contributed by atoms with E-state index in [0.717, 1.165) is 56.9 Å². The van der Waals surface area contributed by atoms with Crippen LogP contribution in [0.4, 0.5) is 0 Å². The zero-order valence-electron chi connectivity index (χ0n) is 22.4. The number of hydrogen-bond donors (Lipinski definition) is 3. The van der Waals surface area contributed by atoms with Crippen molar-refractivity contribution < 1.29 is 24.1 Å². The Morgan fingerprint density at radius 2 is 1.89 bits per heavy atom. The van der Waals surface area contributed by atoms with Crippen LogP contribution < -0.4 is 11.4 Å². The molecule has 6 rings (SSSR count). The van der Waals surface area contributed by atoms with Crippen LogP contribution in [0.5, 0.6) is 0 Å². The molecule has 0 spiro atoms. The summed E-state index contributed by atoms with van der Waals surface area (Å²) in [6.07, 6.45) is 10.6. The van der Waals surface area contributed by atoms with E-state index in [1.807, 2.05) is 13.0 Å². The monoisotopic (exact) mass is 513 g/mol. The average Bonchev–Trinajstić information content (AvgIpc) is 3.16. The average molecular weight is 514 g/mol. The number of allylic oxidation sites excluding steroid dienone is 1. The third-order valence-corrected chi connectivity index (χ3v) is 11.6. The number of rotatable bonds is 3. The van der Waals surface area contributed by atoms with Gasteiger partial charge >= 0.3 is 5.63 Å². The maximum Gasteiger partial charge on any atom is 0.335 e. The van der Waals surface area contributed by atoms with E-state index in [2.05, 4.69) is 19.9 Å². The summed E-state index contributed by atoms with van der Waals surface area (Å²) < 4.78 is 17.4. The van der Waals surface area contributed by atoms with Gasteiger partial charge in [0.2, 0.25) is 0 Å². The normalized spacial score (nSPS) is 49.5. The molecule has 0 aromatic carbocycles. The first-order valence-electron chi connectivity index (χ1n) is 14.3. The predicted octanol–water partition coefficient (Wildman–Crippen LogP) is 3.87. The molecule has 4 aliphatic carbocycles. The largest absolute Gasteiger partial charge is 0.431 e. The molecule has 4 fully saturated rings. The molecular formula is C30H43NO6. The van der Waals surface area contributed by atoms with Gasteiger partial charge in [-0.05, 0) is 86.2 Å². The van der Waals surface area contributed by atoms with Crippen molar-refractivity contribution in [2.75, 3.05) is 6.61 Å². The highest BCUT2D eigenvalue weighted by Crippen LogP contribution is 2.70. The lowest BCUT2D eigenvalue weighted by atomic mass is 9.45. The second-order valence-electron chi connectivity index (χ2n) is 13.1. The van der Waals surface area contributed by atoms with Crippen molar-refractivity contribution in [1.29, 1.82) is 0 Å². The molecule has 7 heteroatoms. The van der Waals surface area contributed by atoms with Gasteiger partial charge in [-0.1, -0.05) is 32.4 Å². The van der Waals surface area contributed by atoms with E-state index < -0.39 is 18.0 Å². The number of nitrogens with two attached hydrogens (primary N) is 1. The SMILES string of the molecule is C[C@@H]1C(O[C@@H]2C=C3CCC4C(CCC5(C)[C@@H](c6ccc(=O)oc6)CCC45O)[C@@]3(C)CC2)OC[C@H](N)C1O. The lowest BCUT2D eigenvalue weighted by molar-refractivity contribution is -0.236. The van der Waals surface area contributed by atoms with E-state index in [-0.39, 0.29) is 46.4 Å². The summed E-state index contributed by atoms with van der Waals surface area (Å²) in [4.78, 5) is 11.5. The van der Waals surface area contributed by atoms with Crippen LogP contribution in [0.25, 0.3) is 0 Å². The van der Waals surface area contributed by atoms with Gasteiger partial charge in [-0.25, -0.2) is 4.79 Å². The Morgan fingerprint density at radius 1 is 1.08 bits per heavy atom. The lowest BCUT2D eigenvalue weighted by Gasteiger charge is -2.62. The highest BCUT2D eigenvalue weighted by Gasteiger charge is 2.66. The first-order valence-corrected chi connectivity index (χ1v) is 14.3. The molecule has 5 aliphatic rings. The molecule has 1 aromatic heterocycles. The van der Waals surface area contributed by atoms with Crippen LogP contribution in [0.1, 0.15) is 83.6 Å². The zero-order chi connectivity index (χ0) is 26.2. The topological polar surface area (TPSA) is 115 Å². The van der Waals surface area contributed by atoms with Crippen molar-refractivity contribution >= 4 is 0 Å². The smallest absolute Gasteiger partial charge is 0.335 e. The van der Waals surface area contributed by atoms with Gasteiger partial charge in [0, 0.05) is 17.4 Å². The molecule has 1 saturated heterocycles. The molecule has 3 saturated carbocycles. The molecule has 2 heterocycles. The van der Waals surface area contributed by atoms with Gasteiger partial charge in [-0.2, -0.15) is 0 Å². The minimum atomic E-state index is -0.709. The van der Waals surface area contributed by atoms with Gasteiger partial charge in [0.25, 0.3) is 0 Å². The van der Waals surface area contributed by atoms with Crippen LogP contribution in [0.2, 0.25) is 0 Å². The van der Waals surface area contributed by atoms with Gasteiger partial charge in [0.05, 0.1) is 36.7 Å². The standard InChI is InChI=1S/C30H43NO6/c1-17-26(33)24(31)16-36-27(17)37-20-8-11-28(2)19(14-20)5-6-23-22(28)9-12-29(3)21(10-13-30(23,29)34)18-4-7-25(32)35-15-18/h4,7,14-15,17,20-24,26-27,33-34H,5-6,8-13,16,31H2,1-3H3/t17-,20-,21+,22?,23?,24-,26?,27?,28-,29?,30?/m0/s1. The number of hydrogen-bond acceptors (Lipinski definition) is 7. The summed E-state index contributed by atoms with van der Waals surface area (Å²) in [5.74, 6) is 0.760. The Kier molecular flexibility index (Phi) is 6.28. The summed E-state index contributed by atoms with van der Waals surface area (Å²) in [5, 5.41) is 22.8. The van der Waals surface area contributed by atoms with E-state index >= 15 is 0 Å². The van der Waals surface area contributed by atoms with E-state index in [9.17, 15) is 15.0 Å². The van der Waals surface area contributed by atoms with Crippen molar-refractivity contribution in [2.24, 2.45) is 34.3 Å². The maximum absolute atomic E-state index is 12.4. The summed E-state index contributed by atoms with van der Waals surface area (Å²) in [6, 6.07) is 3.04. The Balaban J connectivity index is 1.21. The van der Waals surface area contributed by atoms with Gasteiger partial charge in [-0.15, -0.1) is 0 Å². The minimum absolute atomic E-state index is 0.0193. The van der Waals surface area contributed by atoms with Crippen molar-refractivity contribution in [3.8, 4) is 0 Å². The van der Waals surface area contributed by atoms with Gasteiger partial charge in [-0.3, -0.25) is 0 Å². The molecule has 204 valence electrons. The fraction of sp³-hybridized carbons (Fsp3) is 0.767. The van der Waals surface area contributed by atoms with E-state index in [0.29, 0.717) is 12.5 Å². The third kappa shape index (κ3) is 3.83. The number of fused-ring (bicyclic) bond motifs is 5. The molecule has 4 N–H and O–H groups in total. The zero-order valence-corrected chi connectivity index (χ0v) is 22.4. The molecule has 11 atom stereocenters. The molecule has 0 radical (unpaired) electrons. The Labute approximate surface area is 219 Å². The van der Waals surface area contributed by atoms with Crippen LogP contribution in [0.3, 0.4) is 0 Å². The van der Waals surface area contributed by atoms with Crippen LogP contribution in [0.15, 0.2) is 39.3 Å². The highest BCUT2D eigenvalue weighted by atomic mass is 16.7. The summed E-state index contributed by atoms with van der Waals surface area (Å²) in [7, 11) is 0. The minimum Gasteiger partial charge on any atom is -0.431 e. The third-order valence-electron chi connectivity index (χ3n) is 11.6. The van der Waals surface area contributed by atoms with Crippen LogP contribution in [0, 0.1) is 28.6 Å². The Morgan fingerprint density at radius 3 is 2.65 bits per heavy atom. The fourth-order valence-corrected chi connectivity index (χ4v) is 9.22. The van der Waals surface area contributed by atoms with Crippen molar-refractivity contribution in [2.45, 2.75) is 108 Å². The van der Waals surface area contributed by atoms with Gasteiger partial charge in [0.1, 0.15) is 0 Å². The number of aliphatic hydroxyl groups excluding tert-OH is 1. The molecule has 1 aliphatic heterocycles. The second-order valence-corrected chi connectivity index (χ2v) is 13.1. The van der Waals surface area contributed by atoms with Crippen LogP contribution in [-0.2, 0) is 9.47 Å². The molecule has 6 unspecified atom stereocenters. The number of aliphatic hydroxyl groups is 2. The highest BCUT2D eigenvalue weighted by molar-refractivity contribution is 5.31. The maximum atomic E-state index is 12.4. The molecule has 0 bridgehead atoms. The van der Waals surface area contributed by atoms with Crippen LogP contribution >= 0.6 is 0 Å². The number of ether oxygens (including phenoxy) is 2. The lowest BCUT2D eigenvalue weighted by Crippen LogP contribution is -2.60. The molecule has 0 amide bonds. The van der Waals surface area contributed by atoms with Gasteiger partial charge in [0.15, 0.2) is 6.29 Å². The van der Waals surface area contributed by atoms with Crippen molar-refractivity contribution in [3.05, 3.63) is 46.0 Å². The Bertz CT molecular complexity index is 1100. The molecule has 7 nitrogen and oxygen atoms in total. The molecular weight excluding hydrogens is 470 g/mol. The van der Waals surface area contributed by atoms with Gasteiger partial charge < -0.3 is 29.8 Å². The van der Waals surface area contributed by atoms with E-state index in [4.69, 9.17) is 19.6 Å².